The van der Waals surface area contributed by atoms with Crippen molar-refractivity contribution in [3.63, 3.8) is 0 Å². The van der Waals surface area contributed by atoms with Crippen LogP contribution in [0.1, 0.15) is 0 Å². The second-order valence-corrected chi connectivity index (χ2v) is 16.0. The molecule has 0 aliphatic rings. The molecule has 0 saturated carbocycles. The lowest BCUT2D eigenvalue weighted by Gasteiger charge is -2.32. The van der Waals surface area contributed by atoms with Crippen molar-refractivity contribution in [3.8, 4) is 11.4 Å². The molecule has 43 heavy (non-hydrogen) atoms. The molecule has 0 aliphatic heterocycles. The summed E-state index contributed by atoms with van der Waals surface area (Å²) in [5.41, 5.74) is 7.89. The average Bonchev–Trinajstić information content (AvgIpc) is 3.53. The van der Waals surface area contributed by atoms with Crippen LogP contribution in [0.15, 0.2) is 148 Å². The first-order chi connectivity index (χ1) is 20.9. The van der Waals surface area contributed by atoms with Crippen LogP contribution < -0.4 is 5.46 Å². The van der Waals surface area contributed by atoms with Crippen LogP contribution in [0.25, 0.3) is 55.0 Å². The Morgan fingerprint density at radius 1 is 0.488 bits per heavy atom. The van der Waals surface area contributed by atoms with Gasteiger partial charge in [-0.2, -0.15) is 10.0 Å². The maximum Gasteiger partial charge on any atom is 0.113 e. The normalized spacial score (nSPS) is 12.5. The molecular weight excluding hydrogens is 607 g/mol. The minimum absolute atomic E-state index is 0.781. The lowest BCUT2D eigenvalue weighted by Crippen LogP contribution is -2.00. The van der Waals surface area contributed by atoms with E-state index in [1.165, 1.54) is 59.1 Å². The molecular formula is C38H28BBrN2S. The molecule has 2 radical (unpaired) electrons. The molecule has 0 fully saturated rings. The Bertz CT molecular complexity index is 2170. The fraction of sp³-hybridized carbons (Fsp3) is 0.0526. The van der Waals surface area contributed by atoms with Crippen molar-refractivity contribution in [3.05, 3.63) is 138 Å². The molecule has 5 heteroatoms. The summed E-state index contributed by atoms with van der Waals surface area (Å²) >= 11 is 3.73. The van der Waals surface area contributed by atoms with Crippen LogP contribution in [0.3, 0.4) is 0 Å². The highest BCUT2D eigenvalue weighted by molar-refractivity contribution is 9.10. The van der Waals surface area contributed by atoms with Gasteiger partial charge in [-0.3, -0.25) is 0 Å². The summed E-state index contributed by atoms with van der Waals surface area (Å²) in [6.07, 6.45) is 4.82. The third-order valence-corrected chi connectivity index (χ3v) is 12.0. The number of benzene rings is 6. The molecule has 8 aromatic rings. The van der Waals surface area contributed by atoms with Crippen molar-refractivity contribution < 1.29 is 0 Å². The quantitative estimate of drug-likeness (QED) is 0.171. The smallest absolute Gasteiger partial charge is 0.113 e. The molecule has 0 aliphatic carbocycles. The van der Waals surface area contributed by atoms with E-state index in [1.807, 2.05) is 6.07 Å². The van der Waals surface area contributed by atoms with Crippen LogP contribution in [0.5, 0.6) is 0 Å². The molecule has 2 aromatic heterocycles. The summed E-state index contributed by atoms with van der Waals surface area (Å²) in [7, 11) is 4.97. The predicted octanol–water partition coefficient (Wildman–Crippen LogP) is 9.92. The van der Waals surface area contributed by atoms with E-state index in [0.29, 0.717) is 0 Å². The number of halogens is 1. The third kappa shape index (κ3) is 4.17. The zero-order valence-corrected chi connectivity index (χ0v) is 26.4. The van der Waals surface area contributed by atoms with Gasteiger partial charge in [-0.25, -0.2) is 0 Å². The van der Waals surface area contributed by atoms with E-state index >= 15 is 0 Å². The molecule has 0 amide bonds. The first-order valence-electron chi connectivity index (χ1n) is 14.3. The zero-order valence-electron chi connectivity index (χ0n) is 24.0. The van der Waals surface area contributed by atoms with E-state index in [2.05, 4.69) is 165 Å². The largest absolute Gasteiger partial charge is 0.309 e. The maximum absolute atomic E-state index is 6.32. The van der Waals surface area contributed by atoms with Gasteiger partial charge in [-0.15, -0.1) is 0 Å². The van der Waals surface area contributed by atoms with E-state index in [-0.39, 0.29) is 0 Å². The van der Waals surface area contributed by atoms with Crippen LogP contribution >= 0.6 is 26.0 Å². The van der Waals surface area contributed by atoms with Crippen molar-refractivity contribution in [2.75, 3.05) is 12.5 Å². The monoisotopic (exact) mass is 634 g/mol. The Morgan fingerprint density at radius 2 is 0.907 bits per heavy atom. The Kier molecular flexibility index (Phi) is 6.11. The molecule has 0 N–H and O–H groups in total. The zero-order chi connectivity index (χ0) is 29.3. The van der Waals surface area contributed by atoms with Crippen LogP contribution in [0, 0.1) is 0 Å². The third-order valence-electron chi connectivity index (χ3n) is 8.67. The Labute approximate surface area is 262 Å². The van der Waals surface area contributed by atoms with Crippen molar-refractivity contribution in [1.29, 1.82) is 0 Å². The molecule has 0 saturated heterocycles. The highest BCUT2D eigenvalue weighted by Gasteiger charge is 2.22. The van der Waals surface area contributed by atoms with E-state index in [9.17, 15) is 0 Å². The van der Waals surface area contributed by atoms with Gasteiger partial charge in [0.2, 0.25) is 0 Å². The van der Waals surface area contributed by atoms with Crippen molar-refractivity contribution >= 4 is 82.9 Å². The van der Waals surface area contributed by atoms with Gasteiger partial charge in [0.05, 0.1) is 22.1 Å². The summed E-state index contributed by atoms with van der Waals surface area (Å²) in [6, 6.07) is 48.1. The molecule has 0 unspecified atom stereocenters. The van der Waals surface area contributed by atoms with Crippen LogP contribution in [-0.4, -0.2) is 29.5 Å². The molecule has 0 atom stereocenters. The number of hydrogen-bond acceptors (Lipinski definition) is 0. The number of para-hydroxylation sites is 2. The fourth-order valence-corrected chi connectivity index (χ4v) is 8.75. The molecule has 0 bridgehead atoms. The van der Waals surface area contributed by atoms with Gasteiger partial charge in [0.1, 0.15) is 7.85 Å². The molecule has 0 spiro atoms. The lowest BCUT2D eigenvalue weighted by molar-refractivity contribution is 1.18. The molecule has 6 aromatic carbocycles. The number of hydrogen-bond donors (Lipinski definition) is 0. The van der Waals surface area contributed by atoms with E-state index in [0.717, 1.165) is 15.6 Å². The fourth-order valence-electron chi connectivity index (χ4n) is 6.48. The number of rotatable bonds is 4. The number of nitrogens with zero attached hydrogens (tertiary/aromatic N) is 2. The van der Waals surface area contributed by atoms with Gasteiger partial charge < -0.3 is 9.13 Å². The van der Waals surface area contributed by atoms with Crippen molar-refractivity contribution in [1.82, 2.24) is 9.13 Å². The van der Waals surface area contributed by atoms with Gasteiger partial charge in [0.15, 0.2) is 0 Å². The summed E-state index contributed by atoms with van der Waals surface area (Å²) in [6.45, 7) is 0. The van der Waals surface area contributed by atoms with Gasteiger partial charge in [0, 0.05) is 37.4 Å². The van der Waals surface area contributed by atoms with Crippen LogP contribution in [0.2, 0.25) is 0 Å². The van der Waals surface area contributed by atoms with Crippen molar-refractivity contribution in [2.45, 2.75) is 9.79 Å². The predicted molar refractivity (Wildman–Crippen MR) is 191 cm³/mol. The number of aromatic nitrogens is 2. The van der Waals surface area contributed by atoms with Gasteiger partial charge in [-0.1, -0.05) is 69.9 Å². The molecule has 8 rings (SSSR count). The van der Waals surface area contributed by atoms with E-state index in [4.69, 9.17) is 7.85 Å². The van der Waals surface area contributed by atoms with Gasteiger partial charge >= 0.3 is 0 Å². The van der Waals surface area contributed by atoms with Crippen LogP contribution in [0.4, 0.5) is 0 Å². The number of fused-ring (bicyclic) bond motifs is 6. The van der Waals surface area contributed by atoms with E-state index in [1.54, 1.807) is 0 Å². The minimum atomic E-state index is -1.35. The van der Waals surface area contributed by atoms with Gasteiger partial charge in [-0.05, 0) is 107 Å². The van der Waals surface area contributed by atoms with E-state index < -0.39 is 10.0 Å². The first kappa shape index (κ1) is 26.4. The standard InChI is InChI=1S/C38H28BBrN2S/c1-43(2,29-15-19-37-33(23-29)31-21-25(39)13-17-35(31)41(37)27-9-5-3-6-10-27)30-16-20-38-34(24-30)32-22-26(40)14-18-36(32)42(38)28-11-7-4-8-12-28/h3-24H,1-2H3. The summed E-state index contributed by atoms with van der Waals surface area (Å²) in [5.74, 6) is 0. The second-order valence-electron chi connectivity index (χ2n) is 11.5. The summed E-state index contributed by atoms with van der Waals surface area (Å²) in [5, 5.41) is 4.94. The topological polar surface area (TPSA) is 9.86 Å². The highest BCUT2D eigenvalue weighted by atomic mass is 79.9. The summed E-state index contributed by atoms with van der Waals surface area (Å²) < 4.78 is 5.81. The molecule has 2 nitrogen and oxygen atoms in total. The Balaban J connectivity index is 1.33. The SMILES string of the molecule is [B]c1ccc2c(c1)c1cc(S(C)(C)c3ccc4c(c3)c3cc(Br)ccc3n4-c3ccccc3)ccc1n2-c1ccccc1. The minimum Gasteiger partial charge on any atom is -0.309 e. The lowest BCUT2D eigenvalue weighted by atomic mass is 9.94. The van der Waals surface area contributed by atoms with Gasteiger partial charge in [0.25, 0.3) is 0 Å². The maximum atomic E-state index is 6.32. The Hall–Kier alpha value is -4.19. The average molecular weight is 635 g/mol. The highest BCUT2D eigenvalue weighted by Crippen LogP contribution is 2.58. The Morgan fingerprint density at radius 3 is 1.42 bits per heavy atom. The summed E-state index contributed by atoms with van der Waals surface area (Å²) in [4.78, 5) is 2.71. The molecule has 206 valence electrons. The second kappa shape index (κ2) is 9.94. The first-order valence-corrected chi connectivity index (χ1v) is 17.6. The molecule has 2 heterocycles. The van der Waals surface area contributed by atoms with Crippen LogP contribution in [-0.2, 0) is 0 Å². The van der Waals surface area contributed by atoms with Crippen molar-refractivity contribution in [2.24, 2.45) is 0 Å².